The minimum absolute atomic E-state index is 0.370. The Labute approximate surface area is 110 Å². The molecule has 0 saturated heterocycles. The number of rotatable bonds is 4. The van der Waals surface area contributed by atoms with E-state index in [1.165, 1.54) is 0 Å². The molecule has 1 heterocycles. The first kappa shape index (κ1) is 11.5. The second-order valence-electron chi connectivity index (χ2n) is 4.18. The summed E-state index contributed by atoms with van der Waals surface area (Å²) in [6, 6.07) is 14.9. The standard InChI is InChI=1S/C15H12N2O2/c18-9-11-6-7-13-14(8-11)17-15(16-13)10-19-12-4-2-1-3-5-12/h1-9H,10H2,(H,16,17). The fourth-order valence-corrected chi connectivity index (χ4v) is 1.89. The second kappa shape index (κ2) is 4.94. The first-order chi connectivity index (χ1) is 9.35. The molecule has 0 spiro atoms. The molecule has 0 radical (unpaired) electrons. The van der Waals surface area contributed by atoms with Crippen molar-refractivity contribution in [2.24, 2.45) is 0 Å². The van der Waals surface area contributed by atoms with E-state index < -0.39 is 0 Å². The molecule has 0 saturated carbocycles. The van der Waals surface area contributed by atoms with Crippen LogP contribution in [0.25, 0.3) is 11.0 Å². The predicted molar refractivity (Wildman–Crippen MR) is 72.3 cm³/mol. The average Bonchev–Trinajstić information content (AvgIpc) is 2.88. The van der Waals surface area contributed by atoms with Crippen molar-refractivity contribution in [1.82, 2.24) is 9.97 Å². The molecule has 1 N–H and O–H groups in total. The molecule has 19 heavy (non-hydrogen) atoms. The number of nitrogens with one attached hydrogen (secondary N) is 1. The van der Waals surface area contributed by atoms with Gasteiger partial charge in [-0.05, 0) is 30.3 Å². The Bertz CT molecular complexity index is 704. The molecule has 0 atom stereocenters. The Morgan fingerprint density at radius 3 is 2.79 bits per heavy atom. The highest BCUT2D eigenvalue weighted by atomic mass is 16.5. The van der Waals surface area contributed by atoms with Crippen LogP contribution >= 0.6 is 0 Å². The van der Waals surface area contributed by atoms with Crippen molar-refractivity contribution in [3.05, 3.63) is 59.9 Å². The monoisotopic (exact) mass is 252 g/mol. The van der Waals surface area contributed by atoms with Crippen LogP contribution in [-0.2, 0) is 6.61 Å². The number of H-pyrrole nitrogens is 1. The molecule has 0 unspecified atom stereocenters. The number of aromatic nitrogens is 2. The number of nitrogens with zero attached hydrogens (tertiary/aromatic N) is 1. The molecule has 0 aliphatic carbocycles. The Kier molecular flexibility index (Phi) is 2.98. The van der Waals surface area contributed by atoms with Gasteiger partial charge < -0.3 is 9.72 Å². The highest BCUT2D eigenvalue weighted by Crippen LogP contribution is 2.15. The van der Waals surface area contributed by atoms with E-state index in [1.54, 1.807) is 12.1 Å². The van der Waals surface area contributed by atoms with E-state index in [1.807, 2.05) is 36.4 Å². The van der Waals surface area contributed by atoms with E-state index in [0.717, 1.165) is 28.9 Å². The van der Waals surface area contributed by atoms with Crippen molar-refractivity contribution in [2.75, 3.05) is 0 Å². The van der Waals surface area contributed by atoms with Crippen LogP contribution in [0.2, 0.25) is 0 Å². The molecule has 0 bridgehead atoms. The van der Waals surface area contributed by atoms with Crippen molar-refractivity contribution >= 4 is 17.3 Å². The number of hydrogen-bond acceptors (Lipinski definition) is 3. The van der Waals surface area contributed by atoms with Crippen molar-refractivity contribution < 1.29 is 9.53 Å². The number of imidazole rings is 1. The van der Waals surface area contributed by atoms with Crippen LogP contribution in [0.1, 0.15) is 16.2 Å². The number of hydrogen-bond donors (Lipinski definition) is 1. The van der Waals surface area contributed by atoms with Gasteiger partial charge in [0.1, 0.15) is 24.5 Å². The smallest absolute Gasteiger partial charge is 0.150 e. The van der Waals surface area contributed by atoms with Crippen molar-refractivity contribution in [3.63, 3.8) is 0 Å². The number of carbonyl (C=O) groups excluding carboxylic acids is 1. The Hall–Kier alpha value is -2.62. The zero-order valence-corrected chi connectivity index (χ0v) is 10.2. The van der Waals surface area contributed by atoms with Crippen LogP contribution in [0.3, 0.4) is 0 Å². The van der Waals surface area contributed by atoms with E-state index in [-0.39, 0.29) is 0 Å². The summed E-state index contributed by atoms with van der Waals surface area (Å²) in [7, 11) is 0. The third-order valence-electron chi connectivity index (χ3n) is 2.81. The third-order valence-corrected chi connectivity index (χ3v) is 2.81. The summed E-state index contributed by atoms with van der Waals surface area (Å²) in [4.78, 5) is 18.3. The lowest BCUT2D eigenvalue weighted by molar-refractivity contribution is 0.112. The van der Waals surface area contributed by atoms with Gasteiger partial charge in [0, 0.05) is 5.56 Å². The predicted octanol–water partition coefficient (Wildman–Crippen LogP) is 2.95. The van der Waals surface area contributed by atoms with Crippen LogP contribution in [0.5, 0.6) is 5.75 Å². The fraction of sp³-hybridized carbons (Fsp3) is 0.0667. The van der Waals surface area contributed by atoms with E-state index in [9.17, 15) is 4.79 Å². The fourth-order valence-electron chi connectivity index (χ4n) is 1.89. The number of fused-ring (bicyclic) bond motifs is 1. The van der Waals surface area contributed by atoms with E-state index in [2.05, 4.69) is 9.97 Å². The molecular formula is C15H12N2O2. The third kappa shape index (κ3) is 2.47. The minimum Gasteiger partial charge on any atom is -0.486 e. The second-order valence-corrected chi connectivity index (χ2v) is 4.18. The van der Waals surface area contributed by atoms with Gasteiger partial charge in [0.15, 0.2) is 0 Å². The van der Waals surface area contributed by atoms with Crippen molar-refractivity contribution in [3.8, 4) is 5.75 Å². The van der Waals surface area contributed by atoms with Gasteiger partial charge in [-0.1, -0.05) is 18.2 Å². The maximum Gasteiger partial charge on any atom is 0.150 e. The van der Waals surface area contributed by atoms with Gasteiger partial charge in [0.25, 0.3) is 0 Å². The molecule has 0 aliphatic heterocycles. The number of ether oxygens (including phenoxy) is 1. The normalized spacial score (nSPS) is 10.5. The first-order valence-corrected chi connectivity index (χ1v) is 5.97. The molecule has 3 rings (SSSR count). The number of aromatic amines is 1. The maximum absolute atomic E-state index is 10.7. The van der Waals surface area contributed by atoms with Crippen LogP contribution in [0.4, 0.5) is 0 Å². The number of aldehydes is 1. The highest BCUT2D eigenvalue weighted by molar-refractivity contribution is 5.84. The van der Waals surface area contributed by atoms with Gasteiger partial charge in [0.05, 0.1) is 11.0 Å². The lowest BCUT2D eigenvalue weighted by Gasteiger charge is -2.02. The van der Waals surface area contributed by atoms with Gasteiger partial charge in [-0.3, -0.25) is 4.79 Å². The Balaban J connectivity index is 1.80. The lowest BCUT2D eigenvalue weighted by atomic mass is 10.2. The molecule has 4 nitrogen and oxygen atoms in total. The van der Waals surface area contributed by atoms with Crippen LogP contribution < -0.4 is 4.74 Å². The van der Waals surface area contributed by atoms with Gasteiger partial charge in [-0.2, -0.15) is 0 Å². The van der Waals surface area contributed by atoms with E-state index >= 15 is 0 Å². The molecule has 3 aromatic rings. The van der Waals surface area contributed by atoms with Gasteiger partial charge in [-0.25, -0.2) is 4.98 Å². The molecule has 94 valence electrons. The summed E-state index contributed by atoms with van der Waals surface area (Å²) >= 11 is 0. The largest absolute Gasteiger partial charge is 0.486 e. The summed E-state index contributed by atoms with van der Waals surface area (Å²) in [5.74, 6) is 1.54. The summed E-state index contributed by atoms with van der Waals surface area (Å²) < 4.78 is 5.61. The molecule has 1 aromatic heterocycles. The molecule has 2 aromatic carbocycles. The van der Waals surface area contributed by atoms with Crippen LogP contribution in [-0.4, -0.2) is 16.3 Å². The zero-order valence-electron chi connectivity index (χ0n) is 10.2. The SMILES string of the molecule is O=Cc1ccc2nc(COc3ccccc3)[nH]c2c1. The van der Waals surface area contributed by atoms with E-state index in [0.29, 0.717) is 12.2 Å². The highest BCUT2D eigenvalue weighted by Gasteiger charge is 2.04. The van der Waals surface area contributed by atoms with Crippen molar-refractivity contribution in [2.45, 2.75) is 6.61 Å². The Morgan fingerprint density at radius 2 is 2.00 bits per heavy atom. The van der Waals surface area contributed by atoms with Gasteiger partial charge >= 0.3 is 0 Å². The summed E-state index contributed by atoms with van der Waals surface area (Å²) in [6.45, 7) is 0.370. The molecule has 0 fully saturated rings. The molecule has 0 amide bonds. The summed E-state index contributed by atoms with van der Waals surface area (Å²) in [5.41, 5.74) is 2.31. The molecule has 4 heteroatoms. The summed E-state index contributed by atoms with van der Waals surface area (Å²) in [6.07, 6.45) is 0.820. The zero-order chi connectivity index (χ0) is 13.1. The number of carbonyl (C=O) groups is 1. The summed E-state index contributed by atoms with van der Waals surface area (Å²) in [5, 5.41) is 0. The minimum atomic E-state index is 0.370. The quantitative estimate of drug-likeness (QED) is 0.726. The van der Waals surface area contributed by atoms with Gasteiger partial charge in [-0.15, -0.1) is 0 Å². The van der Waals surface area contributed by atoms with Crippen LogP contribution in [0, 0.1) is 0 Å². The topological polar surface area (TPSA) is 55.0 Å². The van der Waals surface area contributed by atoms with Gasteiger partial charge in [0.2, 0.25) is 0 Å². The number of para-hydroxylation sites is 1. The average molecular weight is 252 g/mol. The Morgan fingerprint density at radius 1 is 1.16 bits per heavy atom. The number of benzene rings is 2. The van der Waals surface area contributed by atoms with Crippen LogP contribution in [0.15, 0.2) is 48.5 Å². The molecular weight excluding hydrogens is 240 g/mol. The molecule has 0 aliphatic rings. The van der Waals surface area contributed by atoms with E-state index in [4.69, 9.17) is 4.74 Å². The van der Waals surface area contributed by atoms with Crippen molar-refractivity contribution in [1.29, 1.82) is 0 Å². The first-order valence-electron chi connectivity index (χ1n) is 5.97. The maximum atomic E-state index is 10.7. The lowest BCUT2D eigenvalue weighted by Crippen LogP contribution is -1.96.